The van der Waals surface area contributed by atoms with E-state index in [2.05, 4.69) is 238 Å². The quantitative estimate of drug-likeness (QED) is 0.170. The van der Waals surface area contributed by atoms with E-state index in [1.807, 2.05) is 0 Å². The summed E-state index contributed by atoms with van der Waals surface area (Å²) >= 11 is 0. The van der Waals surface area contributed by atoms with Gasteiger partial charge in [0.25, 0.3) is 0 Å². The Morgan fingerprint density at radius 1 is 0.266 bits per heavy atom. The second kappa shape index (κ2) is 13.4. The molecule has 14 aromatic rings. The van der Waals surface area contributed by atoms with Crippen LogP contribution >= 0.6 is 0 Å². The van der Waals surface area contributed by atoms with E-state index in [1.165, 1.54) is 71.1 Å². The topological polar surface area (TPSA) is 27.9 Å². The van der Waals surface area contributed by atoms with E-state index >= 15 is 0 Å². The van der Waals surface area contributed by atoms with Crippen LogP contribution in [0.4, 0.5) is 0 Å². The molecule has 0 spiro atoms. The number of aromatic nitrogens is 3. The fraction of sp³-hybridized carbons (Fsp3) is 0. The molecule has 64 heavy (non-hydrogen) atoms. The first-order chi connectivity index (χ1) is 31.8. The molecule has 0 N–H and O–H groups in total. The molecule has 0 aliphatic rings. The van der Waals surface area contributed by atoms with Gasteiger partial charge in [0.1, 0.15) is 11.2 Å². The van der Waals surface area contributed by atoms with Crippen molar-refractivity contribution in [1.29, 1.82) is 0 Å². The fourth-order valence-electron chi connectivity index (χ4n) is 10.7. The number of para-hydroxylation sites is 5. The Kier molecular flexibility index (Phi) is 7.36. The van der Waals surface area contributed by atoms with Crippen LogP contribution < -0.4 is 0 Å². The minimum absolute atomic E-state index is 0.876. The van der Waals surface area contributed by atoms with Crippen molar-refractivity contribution in [2.45, 2.75) is 0 Å². The Hall–Kier alpha value is -8.60. The highest BCUT2D eigenvalue weighted by atomic mass is 16.3. The Labute approximate surface area is 367 Å². The Morgan fingerprint density at radius 3 is 1.55 bits per heavy atom. The predicted molar refractivity (Wildman–Crippen MR) is 268 cm³/mol. The van der Waals surface area contributed by atoms with Gasteiger partial charge in [-0.05, 0) is 102 Å². The van der Waals surface area contributed by atoms with E-state index in [0.717, 1.165) is 55.6 Å². The van der Waals surface area contributed by atoms with Gasteiger partial charge in [-0.15, -0.1) is 0 Å². The van der Waals surface area contributed by atoms with Gasteiger partial charge in [-0.3, -0.25) is 0 Å². The number of hydrogen-bond acceptors (Lipinski definition) is 1. The lowest BCUT2D eigenvalue weighted by Crippen LogP contribution is -1.97. The zero-order chi connectivity index (χ0) is 41.9. The zero-order valence-electron chi connectivity index (χ0n) is 34.6. The van der Waals surface area contributed by atoms with E-state index in [0.29, 0.717) is 0 Å². The van der Waals surface area contributed by atoms with E-state index in [9.17, 15) is 0 Å². The van der Waals surface area contributed by atoms with Crippen molar-refractivity contribution in [3.8, 4) is 39.3 Å². The van der Waals surface area contributed by atoms with E-state index in [-0.39, 0.29) is 0 Å². The smallest absolute Gasteiger partial charge is 0.137 e. The molecule has 4 heterocycles. The summed E-state index contributed by atoms with van der Waals surface area (Å²) < 4.78 is 14.0. The molecule has 0 aliphatic carbocycles. The molecule has 0 amide bonds. The molecule has 0 aliphatic heterocycles. The SMILES string of the molecule is c1ccc(-c2ccc3c(c2)oc2cccc(-n4c5ccccc5c5c6c7ccccc7n(-c7ccccc7-c7ccc8c(c7)c7ccccc7n8-c7ccccc7)c6ccc54)c23)cc1. The van der Waals surface area contributed by atoms with Gasteiger partial charge >= 0.3 is 0 Å². The van der Waals surface area contributed by atoms with Crippen LogP contribution in [0.15, 0.2) is 229 Å². The lowest BCUT2D eigenvalue weighted by molar-refractivity contribution is 0.669. The first-order valence-corrected chi connectivity index (χ1v) is 21.9. The minimum Gasteiger partial charge on any atom is -0.456 e. The number of hydrogen-bond donors (Lipinski definition) is 0. The summed E-state index contributed by atoms with van der Waals surface area (Å²) in [6, 6.07) is 81.3. The molecule has 0 atom stereocenters. The van der Waals surface area contributed by atoms with Gasteiger partial charge in [-0.25, -0.2) is 0 Å². The molecule has 4 nitrogen and oxygen atoms in total. The molecule has 0 fully saturated rings. The summed E-state index contributed by atoms with van der Waals surface area (Å²) in [6.07, 6.45) is 0. The maximum atomic E-state index is 6.65. The average Bonchev–Trinajstić information content (AvgIpc) is 4.10. The van der Waals surface area contributed by atoms with Crippen molar-refractivity contribution >= 4 is 87.4 Å². The van der Waals surface area contributed by atoms with Crippen LogP contribution in [0.5, 0.6) is 0 Å². The van der Waals surface area contributed by atoms with Crippen molar-refractivity contribution in [3.05, 3.63) is 224 Å². The lowest BCUT2D eigenvalue weighted by atomic mass is 10.0. The third-order valence-corrected chi connectivity index (χ3v) is 13.4. The van der Waals surface area contributed by atoms with Crippen LogP contribution in [0, 0.1) is 0 Å². The Bertz CT molecular complexity index is 4180. The molecule has 10 aromatic carbocycles. The molecule has 298 valence electrons. The summed E-state index contributed by atoms with van der Waals surface area (Å²) in [5, 5.41) is 9.63. The first kappa shape index (κ1) is 35.0. The van der Waals surface area contributed by atoms with Crippen LogP contribution in [0.25, 0.3) is 127 Å². The van der Waals surface area contributed by atoms with E-state index in [4.69, 9.17) is 4.42 Å². The predicted octanol–water partition coefficient (Wildman–Crippen LogP) is 16.2. The molecule has 14 rings (SSSR count). The fourth-order valence-corrected chi connectivity index (χ4v) is 10.7. The lowest BCUT2D eigenvalue weighted by Gasteiger charge is -2.15. The van der Waals surface area contributed by atoms with Crippen molar-refractivity contribution in [3.63, 3.8) is 0 Å². The van der Waals surface area contributed by atoms with Gasteiger partial charge in [0.2, 0.25) is 0 Å². The van der Waals surface area contributed by atoms with Gasteiger partial charge in [-0.1, -0.05) is 140 Å². The number of rotatable bonds is 5. The van der Waals surface area contributed by atoms with Gasteiger partial charge in [0.05, 0.1) is 49.9 Å². The second-order valence-electron chi connectivity index (χ2n) is 16.8. The van der Waals surface area contributed by atoms with Crippen LogP contribution in [-0.4, -0.2) is 13.7 Å². The summed E-state index contributed by atoms with van der Waals surface area (Å²) in [5.41, 5.74) is 16.9. The largest absolute Gasteiger partial charge is 0.456 e. The van der Waals surface area contributed by atoms with E-state index < -0.39 is 0 Å². The third-order valence-electron chi connectivity index (χ3n) is 13.4. The number of nitrogens with zero attached hydrogens (tertiary/aromatic N) is 3. The summed E-state index contributed by atoms with van der Waals surface area (Å²) in [6.45, 7) is 0. The van der Waals surface area contributed by atoms with Crippen molar-refractivity contribution in [2.75, 3.05) is 0 Å². The first-order valence-electron chi connectivity index (χ1n) is 21.9. The van der Waals surface area contributed by atoms with Crippen LogP contribution in [-0.2, 0) is 0 Å². The highest BCUT2D eigenvalue weighted by Gasteiger charge is 2.24. The normalized spacial score (nSPS) is 12.1. The molecule has 0 unspecified atom stereocenters. The molecule has 4 heteroatoms. The summed E-state index contributed by atoms with van der Waals surface area (Å²) in [7, 11) is 0. The van der Waals surface area contributed by atoms with Gasteiger partial charge in [0, 0.05) is 49.0 Å². The maximum Gasteiger partial charge on any atom is 0.137 e. The molecular formula is C60H37N3O. The second-order valence-corrected chi connectivity index (χ2v) is 16.8. The van der Waals surface area contributed by atoms with Crippen LogP contribution in [0.2, 0.25) is 0 Å². The van der Waals surface area contributed by atoms with Crippen LogP contribution in [0.1, 0.15) is 0 Å². The molecule has 4 aromatic heterocycles. The highest BCUT2D eigenvalue weighted by Crippen LogP contribution is 2.46. The Balaban J connectivity index is 1.01. The molecule has 0 radical (unpaired) electrons. The molecule has 0 saturated heterocycles. The maximum absolute atomic E-state index is 6.65. The number of furan rings is 1. The molecular weight excluding hydrogens is 779 g/mol. The summed E-state index contributed by atoms with van der Waals surface area (Å²) in [5.74, 6) is 0. The van der Waals surface area contributed by atoms with Crippen molar-refractivity contribution in [2.24, 2.45) is 0 Å². The van der Waals surface area contributed by atoms with Crippen molar-refractivity contribution < 1.29 is 4.42 Å². The number of fused-ring (bicyclic) bond motifs is 13. The highest BCUT2D eigenvalue weighted by molar-refractivity contribution is 6.29. The zero-order valence-corrected chi connectivity index (χ0v) is 34.6. The summed E-state index contributed by atoms with van der Waals surface area (Å²) in [4.78, 5) is 0. The van der Waals surface area contributed by atoms with Crippen LogP contribution in [0.3, 0.4) is 0 Å². The standard InChI is InChI=1S/C60H37N3O/c1-3-16-38(17-4-1)39-30-32-46-57(37-39)64-56-29-15-28-53(58(46)56)63-51-27-14-10-23-45(51)60-55(63)35-34-54-59(60)44-22-9-13-26-50(44)62(54)48-24-11-7-20-42(48)40-31-33-52-47(36-40)43-21-8-12-25-49(43)61(52)41-18-5-2-6-19-41/h1-37H. The minimum atomic E-state index is 0.876. The average molecular weight is 816 g/mol. The van der Waals surface area contributed by atoms with Gasteiger partial charge < -0.3 is 18.1 Å². The Morgan fingerprint density at radius 2 is 0.812 bits per heavy atom. The molecule has 0 bridgehead atoms. The van der Waals surface area contributed by atoms with Crippen molar-refractivity contribution in [1.82, 2.24) is 13.7 Å². The monoisotopic (exact) mass is 815 g/mol. The molecule has 0 saturated carbocycles. The number of benzene rings is 10. The third kappa shape index (κ3) is 4.93. The van der Waals surface area contributed by atoms with E-state index in [1.54, 1.807) is 0 Å². The van der Waals surface area contributed by atoms with Gasteiger partial charge in [0.15, 0.2) is 0 Å². The van der Waals surface area contributed by atoms with Gasteiger partial charge in [-0.2, -0.15) is 0 Å².